The van der Waals surface area contributed by atoms with Crippen LogP contribution in [0.2, 0.25) is 5.02 Å². The second kappa shape index (κ2) is 11.0. The van der Waals surface area contributed by atoms with E-state index in [1.54, 1.807) is 24.3 Å². The Bertz CT molecular complexity index is 841. The summed E-state index contributed by atoms with van der Waals surface area (Å²) in [4.78, 5) is 20.0. The van der Waals surface area contributed by atoms with Crippen LogP contribution in [0.3, 0.4) is 0 Å². The standard InChI is InChI=1S/C18H21ClF3N5OS/c1-2-23-17(25-8-7-15-27-14(11-29-15)18(20,21)22)26-10-9-24-16(28)12-5-3-4-6-13(12)19/h3-6,11H,2,7-10H2,1H3,(H,24,28)(H2,23,25,26). The summed E-state index contributed by atoms with van der Waals surface area (Å²) in [6.07, 6.45) is -4.12. The number of halogens is 4. The fourth-order valence-corrected chi connectivity index (χ4v) is 3.27. The van der Waals surface area contributed by atoms with Gasteiger partial charge in [0, 0.05) is 38.0 Å². The summed E-state index contributed by atoms with van der Waals surface area (Å²) in [5, 5.41) is 10.6. The molecule has 1 amide bonds. The first-order valence-corrected chi connectivity index (χ1v) is 10.1. The van der Waals surface area contributed by atoms with Crippen LogP contribution in [0.4, 0.5) is 13.2 Å². The number of rotatable bonds is 8. The molecule has 1 heterocycles. The molecule has 1 aromatic carbocycles. The monoisotopic (exact) mass is 447 g/mol. The summed E-state index contributed by atoms with van der Waals surface area (Å²) >= 11 is 6.95. The number of hydrogen-bond acceptors (Lipinski definition) is 4. The van der Waals surface area contributed by atoms with Gasteiger partial charge in [-0.1, -0.05) is 23.7 Å². The number of nitrogens with zero attached hydrogens (tertiary/aromatic N) is 2. The molecule has 0 unspecified atom stereocenters. The van der Waals surface area contributed by atoms with Crippen molar-refractivity contribution in [1.29, 1.82) is 0 Å². The van der Waals surface area contributed by atoms with Crippen molar-refractivity contribution in [2.24, 2.45) is 4.99 Å². The minimum Gasteiger partial charge on any atom is -0.357 e. The van der Waals surface area contributed by atoms with Crippen LogP contribution in [-0.4, -0.2) is 43.0 Å². The second-order valence-electron chi connectivity index (χ2n) is 5.80. The summed E-state index contributed by atoms with van der Waals surface area (Å²) in [6.45, 7) is 3.56. The average Bonchev–Trinajstić information content (AvgIpc) is 3.15. The lowest BCUT2D eigenvalue weighted by Crippen LogP contribution is -2.41. The molecule has 0 saturated heterocycles. The quantitative estimate of drug-likeness (QED) is 0.329. The number of alkyl halides is 3. The van der Waals surface area contributed by atoms with E-state index >= 15 is 0 Å². The van der Waals surface area contributed by atoms with E-state index in [0.717, 1.165) is 16.7 Å². The molecule has 0 radical (unpaired) electrons. The number of thiazole rings is 1. The van der Waals surface area contributed by atoms with Gasteiger partial charge in [0.1, 0.15) is 0 Å². The highest BCUT2D eigenvalue weighted by Crippen LogP contribution is 2.30. The molecule has 11 heteroatoms. The summed E-state index contributed by atoms with van der Waals surface area (Å²) in [6, 6.07) is 6.76. The molecule has 0 bridgehead atoms. The first-order valence-electron chi connectivity index (χ1n) is 8.87. The topological polar surface area (TPSA) is 78.4 Å². The van der Waals surface area contributed by atoms with Crippen LogP contribution in [0, 0.1) is 0 Å². The minimum absolute atomic E-state index is 0.274. The molecule has 0 saturated carbocycles. The molecule has 3 N–H and O–H groups in total. The number of carbonyl (C=O) groups is 1. The maximum absolute atomic E-state index is 12.6. The van der Waals surface area contributed by atoms with E-state index in [-0.39, 0.29) is 12.5 Å². The molecule has 2 aromatic rings. The number of carbonyl (C=O) groups excluding carboxylic acids is 1. The third-order valence-electron chi connectivity index (χ3n) is 3.60. The third-order valence-corrected chi connectivity index (χ3v) is 4.84. The van der Waals surface area contributed by atoms with Gasteiger partial charge < -0.3 is 16.0 Å². The van der Waals surface area contributed by atoms with Crippen LogP contribution in [0.1, 0.15) is 28.0 Å². The zero-order valence-corrected chi connectivity index (χ0v) is 17.2. The molecule has 0 aliphatic heterocycles. The Balaban J connectivity index is 1.78. The van der Waals surface area contributed by atoms with Crippen LogP contribution in [-0.2, 0) is 12.6 Å². The summed E-state index contributed by atoms with van der Waals surface area (Å²) in [7, 11) is 0. The van der Waals surface area contributed by atoms with Gasteiger partial charge in [-0.25, -0.2) is 4.98 Å². The first-order chi connectivity index (χ1) is 13.8. The number of aliphatic imine (C=N–C) groups is 1. The van der Waals surface area contributed by atoms with E-state index in [0.29, 0.717) is 47.6 Å². The summed E-state index contributed by atoms with van der Waals surface area (Å²) in [5.74, 6) is 0.232. The van der Waals surface area contributed by atoms with E-state index in [2.05, 4.69) is 25.9 Å². The molecule has 0 spiro atoms. The molecule has 6 nitrogen and oxygen atoms in total. The Morgan fingerprint density at radius 3 is 2.59 bits per heavy atom. The van der Waals surface area contributed by atoms with E-state index in [1.807, 2.05) is 6.92 Å². The van der Waals surface area contributed by atoms with Gasteiger partial charge in [-0.3, -0.25) is 9.79 Å². The lowest BCUT2D eigenvalue weighted by molar-refractivity contribution is -0.140. The molecular formula is C18H21ClF3N5OS. The second-order valence-corrected chi connectivity index (χ2v) is 7.15. The van der Waals surface area contributed by atoms with Crippen molar-refractivity contribution in [3.63, 3.8) is 0 Å². The first kappa shape index (κ1) is 23.0. The van der Waals surface area contributed by atoms with Crippen molar-refractivity contribution in [3.8, 4) is 0 Å². The number of nitrogens with one attached hydrogen (secondary N) is 3. The highest BCUT2D eigenvalue weighted by Gasteiger charge is 2.33. The van der Waals surface area contributed by atoms with E-state index in [4.69, 9.17) is 11.6 Å². The SMILES string of the molecule is CCNC(=NCCc1nc(C(F)(F)F)cs1)NCCNC(=O)c1ccccc1Cl. The van der Waals surface area contributed by atoms with Crippen molar-refractivity contribution in [3.05, 3.63) is 50.9 Å². The Labute approximate surface area is 175 Å². The third kappa shape index (κ3) is 7.54. The predicted molar refractivity (Wildman–Crippen MR) is 109 cm³/mol. The Kier molecular flexibility index (Phi) is 8.71. The highest BCUT2D eigenvalue weighted by molar-refractivity contribution is 7.09. The number of guanidine groups is 1. The number of benzene rings is 1. The lowest BCUT2D eigenvalue weighted by Gasteiger charge is -2.12. The number of hydrogen-bond donors (Lipinski definition) is 3. The van der Waals surface area contributed by atoms with Gasteiger partial charge in [-0.2, -0.15) is 13.2 Å². The molecule has 2 rings (SSSR count). The summed E-state index contributed by atoms with van der Waals surface area (Å²) in [5.41, 5.74) is -0.475. The minimum atomic E-state index is -4.43. The van der Waals surface area contributed by atoms with Gasteiger partial charge in [-0.15, -0.1) is 11.3 Å². The maximum atomic E-state index is 12.6. The fraction of sp³-hybridized carbons (Fsp3) is 0.389. The molecule has 1 aromatic heterocycles. The zero-order chi connectivity index (χ0) is 21.3. The highest BCUT2D eigenvalue weighted by atomic mass is 35.5. The Hall–Kier alpha value is -2.33. The molecule has 0 aliphatic rings. The van der Waals surface area contributed by atoms with E-state index < -0.39 is 11.9 Å². The zero-order valence-electron chi connectivity index (χ0n) is 15.6. The predicted octanol–water partition coefficient (Wildman–Crippen LogP) is 3.34. The Morgan fingerprint density at radius 2 is 1.93 bits per heavy atom. The normalized spacial score (nSPS) is 12.0. The van der Waals surface area contributed by atoms with Gasteiger partial charge >= 0.3 is 6.18 Å². The van der Waals surface area contributed by atoms with Crippen molar-refractivity contribution in [2.75, 3.05) is 26.2 Å². The average molecular weight is 448 g/mol. The molecule has 0 atom stereocenters. The largest absolute Gasteiger partial charge is 0.434 e. The summed E-state index contributed by atoms with van der Waals surface area (Å²) < 4.78 is 37.7. The number of amides is 1. The van der Waals surface area contributed by atoms with Crippen LogP contribution in [0.5, 0.6) is 0 Å². The van der Waals surface area contributed by atoms with Crippen LogP contribution in [0.25, 0.3) is 0 Å². The van der Waals surface area contributed by atoms with Crippen molar-refractivity contribution in [2.45, 2.75) is 19.5 Å². The van der Waals surface area contributed by atoms with Gasteiger partial charge in [0.25, 0.3) is 5.91 Å². The fourth-order valence-electron chi connectivity index (χ4n) is 2.26. The van der Waals surface area contributed by atoms with Crippen molar-refractivity contribution >= 4 is 34.8 Å². The van der Waals surface area contributed by atoms with Gasteiger partial charge in [0.2, 0.25) is 0 Å². The van der Waals surface area contributed by atoms with Gasteiger partial charge in [-0.05, 0) is 19.1 Å². The van der Waals surface area contributed by atoms with Gasteiger partial charge in [0.15, 0.2) is 11.7 Å². The smallest absolute Gasteiger partial charge is 0.357 e. The lowest BCUT2D eigenvalue weighted by atomic mass is 10.2. The number of aromatic nitrogens is 1. The molecule has 158 valence electrons. The Morgan fingerprint density at radius 1 is 1.21 bits per heavy atom. The molecule has 0 fully saturated rings. The van der Waals surface area contributed by atoms with E-state index in [1.165, 1.54) is 0 Å². The van der Waals surface area contributed by atoms with Crippen molar-refractivity contribution in [1.82, 2.24) is 20.9 Å². The van der Waals surface area contributed by atoms with Crippen LogP contribution < -0.4 is 16.0 Å². The van der Waals surface area contributed by atoms with E-state index in [9.17, 15) is 18.0 Å². The molecular weight excluding hydrogens is 427 g/mol. The molecule has 29 heavy (non-hydrogen) atoms. The molecule has 0 aliphatic carbocycles. The van der Waals surface area contributed by atoms with Crippen LogP contribution >= 0.6 is 22.9 Å². The van der Waals surface area contributed by atoms with Gasteiger partial charge in [0.05, 0.1) is 15.6 Å². The maximum Gasteiger partial charge on any atom is 0.434 e. The van der Waals surface area contributed by atoms with Crippen LogP contribution in [0.15, 0.2) is 34.6 Å². The van der Waals surface area contributed by atoms with Crippen molar-refractivity contribution < 1.29 is 18.0 Å².